The predicted molar refractivity (Wildman–Crippen MR) is 88.4 cm³/mol. The average molecular weight is 280 g/mol. The van der Waals surface area contributed by atoms with Crippen molar-refractivity contribution in [1.29, 1.82) is 0 Å². The average Bonchev–Trinajstić information content (AvgIpc) is 2.50. The molecule has 0 aromatic carbocycles. The summed E-state index contributed by atoms with van der Waals surface area (Å²) in [6.07, 6.45) is 9.90. The van der Waals surface area contributed by atoms with Gasteiger partial charge in [0.05, 0.1) is 0 Å². The summed E-state index contributed by atoms with van der Waals surface area (Å²) in [5.41, 5.74) is 6.80. The van der Waals surface area contributed by atoms with Gasteiger partial charge in [0.15, 0.2) is 0 Å². The molecular weight excluding hydrogens is 248 g/mol. The van der Waals surface area contributed by atoms with Gasteiger partial charge in [-0.3, -0.25) is 0 Å². The molecule has 1 spiro atoms. The molecule has 0 aromatic heterocycles. The van der Waals surface area contributed by atoms with Gasteiger partial charge in [-0.2, -0.15) is 0 Å². The minimum absolute atomic E-state index is 0.0391. The third-order valence-corrected chi connectivity index (χ3v) is 3.62. The molecule has 3 N–H and O–H groups in total. The van der Waals surface area contributed by atoms with E-state index >= 15 is 0 Å². The van der Waals surface area contributed by atoms with E-state index in [1.165, 1.54) is 6.42 Å². The summed E-state index contributed by atoms with van der Waals surface area (Å²) in [6, 6.07) is 0.321. The first-order valence-electron chi connectivity index (χ1n) is 7.86. The smallest absolute Gasteiger partial charge is 0.140 e. The number of ether oxygens (including phenoxy) is 1. The maximum absolute atomic E-state index is 6.04. The lowest BCUT2D eigenvalue weighted by Gasteiger charge is -2.49. The maximum Gasteiger partial charge on any atom is 0.140 e. The van der Waals surface area contributed by atoms with Gasteiger partial charge < -0.3 is 15.8 Å². The van der Waals surface area contributed by atoms with Gasteiger partial charge in [-0.05, 0) is 26.3 Å². The van der Waals surface area contributed by atoms with Crippen molar-refractivity contribution in [1.82, 2.24) is 5.32 Å². The minimum atomic E-state index is 0.0391. The third kappa shape index (κ3) is 4.14. The second-order valence-electron chi connectivity index (χ2n) is 4.57. The van der Waals surface area contributed by atoms with Gasteiger partial charge in [0.25, 0.3) is 0 Å². The number of likely N-dealkylation sites (N-methyl/N-ethyl adjacent to an activating group) is 1. The van der Waals surface area contributed by atoms with Crippen LogP contribution >= 0.6 is 0 Å². The predicted octanol–water partition coefficient (Wildman–Crippen LogP) is 3.88. The van der Waals surface area contributed by atoms with Crippen molar-refractivity contribution in [2.24, 2.45) is 5.73 Å². The fraction of sp³-hybridized carbons (Fsp3) is 0.647. The summed E-state index contributed by atoms with van der Waals surface area (Å²) in [5, 5.41) is 3.33. The van der Waals surface area contributed by atoms with Gasteiger partial charge in [-0.25, -0.2) is 0 Å². The monoisotopic (exact) mass is 280 g/mol. The number of allylic oxidation sites excluding steroid dienone is 2. The highest BCUT2D eigenvalue weighted by atomic mass is 16.5. The first-order chi connectivity index (χ1) is 9.74. The molecule has 1 aliphatic carbocycles. The zero-order valence-electron chi connectivity index (χ0n) is 13.8. The van der Waals surface area contributed by atoms with Gasteiger partial charge in [-0.1, -0.05) is 46.4 Å². The van der Waals surface area contributed by atoms with Crippen molar-refractivity contribution >= 4 is 0 Å². The van der Waals surface area contributed by atoms with E-state index in [2.05, 4.69) is 11.9 Å². The molecule has 3 nitrogen and oxygen atoms in total. The molecule has 0 aromatic rings. The van der Waals surface area contributed by atoms with Crippen molar-refractivity contribution < 1.29 is 4.74 Å². The molecule has 2 fully saturated rings. The lowest BCUT2D eigenvalue weighted by molar-refractivity contribution is -0.0836. The number of nitrogens with one attached hydrogen (secondary N) is 1. The Morgan fingerprint density at radius 2 is 1.90 bits per heavy atom. The van der Waals surface area contributed by atoms with Gasteiger partial charge in [0.2, 0.25) is 0 Å². The van der Waals surface area contributed by atoms with Crippen molar-refractivity contribution in [3.05, 3.63) is 36.3 Å². The van der Waals surface area contributed by atoms with Gasteiger partial charge in [0.1, 0.15) is 11.4 Å². The highest BCUT2D eigenvalue weighted by molar-refractivity contribution is 5.37. The second kappa shape index (κ2) is 9.65. The molecule has 1 aliphatic heterocycles. The molecule has 1 unspecified atom stereocenters. The van der Waals surface area contributed by atoms with E-state index in [1.54, 1.807) is 12.3 Å². The first kappa shape index (κ1) is 18.8. The van der Waals surface area contributed by atoms with Crippen LogP contribution in [0.4, 0.5) is 0 Å². The van der Waals surface area contributed by atoms with Crippen LogP contribution in [0.15, 0.2) is 36.3 Å². The van der Waals surface area contributed by atoms with Crippen LogP contribution in [0.25, 0.3) is 0 Å². The molecule has 20 heavy (non-hydrogen) atoms. The summed E-state index contributed by atoms with van der Waals surface area (Å²) < 4.78 is 6.04. The van der Waals surface area contributed by atoms with Crippen LogP contribution in [0.5, 0.6) is 0 Å². The Bertz CT molecular complexity index is 341. The van der Waals surface area contributed by atoms with Crippen LogP contribution in [0, 0.1) is 0 Å². The van der Waals surface area contributed by atoms with E-state index in [0.717, 1.165) is 30.6 Å². The second-order valence-corrected chi connectivity index (χ2v) is 4.57. The van der Waals surface area contributed by atoms with Crippen molar-refractivity contribution in [2.45, 2.75) is 65.0 Å². The fourth-order valence-corrected chi connectivity index (χ4v) is 2.58. The summed E-state index contributed by atoms with van der Waals surface area (Å²) in [4.78, 5) is 0. The highest BCUT2D eigenvalue weighted by Gasteiger charge is 2.46. The number of rotatable bonds is 2. The van der Waals surface area contributed by atoms with E-state index in [-0.39, 0.29) is 5.60 Å². The van der Waals surface area contributed by atoms with E-state index in [4.69, 9.17) is 10.5 Å². The molecule has 0 bridgehead atoms. The Hall–Kier alpha value is -1.22. The lowest BCUT2D eigenvalue weighted by Crippen LogP contribution is -2.50. The summed E-state index contributed by atoms with van der Waals surface area (Å²) >= 11 is 0. The highest BCUT2D eigenvalue weighted by Crippen LogP contribution is 2.46. The molecule has 3 heteroatoms. The standard InChI is InChI=1S/C13H20N2O.2C2H6/c1-3-5-10-11(15-2)8-13(6-4-7-13)16-12(10)9-14;2*1-2/h3,5,9,11,15H,1,4,6-8,14H2,2H3;2*1-2H3/b10-5-,12-9+;;. The van der Waals surface area contributed by atoms with Crippen LogP contribution in [0.2, 0.25) is 0 Å². The largest absolute Gasteiger partial charge is 0.485 e. The topological polar surface area (TPSA) is 47.3 Å². The van der Waals surface area contributed by atoms with Crippen molar-refractivity contribution in [2.75, 3.05) is 7.05 Å². The maximum atomic E-state index is 6.04. The summed E-state index contributed by atoms with van der Waals surface area (Å²) in [5.74, 6) is 0.810. The Labute approximate surface area is 125 Å². The van der Waals surface area contributed by atoms with Crippen LogP contribution in [-0.4, -0.2) is 18.7 Å². The Morgan fingerprint density at radius 1 is 1.30 bits per heavy atom. The van der Waals surface area contributed by atoms with E-state index < -0.39 is 0 Å². The Kier molecular flexibility index (Phi) is 9.06. The molecule has 1 saturated heterocycles. The van der Waals surface area contributed by atoms with E-state index in [0.29, 0.717) is 6.04 Å². The molecule has 1 heterocycles. The molecule has 116 valence electrons. The molecular formula is C17H32N2O. The summed E-state index contributed by atoms with van der Waals surface area (Å²) in [6.45, 7) is 11.7. The van der Waals surface area contributed by atoms with Crippen LogP contribution < -0.4 is 11.1 Å². The van der Waals surface area contributed by atoms with Crippen LogP contribution in [0.1, 0.15) is 53.4 Å². The van der Waals surface area contributed by atoms with E-state index in [9.17, 15) is 0 Å². The van der Waals surface area contributed by atoms with Gasteiger partial charge in [-0.15, -0.1) is 0 Å². The zero-order valence-corrected chi connectivity index (χ0v) is 13.8. The molecule has 0 amide bonds. The third-order valence-electron chi connectivity index (χ3n) is 3.62. The molecule has 0 radical (unpaired) electrons. The molecule has 2 rings (SSSR count). The quantitative estimate of drug-likeness (QED) is 0.807. The lowest BCUT2D eigenvalue weighted by atomic mass is 9.72. The van der Waals surface area contributed by atoms with Gasteiger partial charge >= 0.3 is 0 Å². The zero-order chi connectivity index (χ0) is 15.6. The molecule has 1 saturated carbocycles. The van der Waals surface area contributed by atoms with Crippen molar-refractivity contribution in [3.8, 4) is 0 Å². The number of hydrogen-bond acceptors (Lipinski definition) is 3. The van der Waals surface area contributed by atoms with Crippen molar-refractivity contribution in [3.63, 3.8) is 0 Å². The van der Waals surface area contributed by atoms with Crippen LogP contribution in [-0.2, 0) is 4.74 Å². The minimum Gasteiger partial charge on any atom is -0.485 e. The molecule has 1 atom stereocenters. The Balaban J connectivity index is 0.000000829. The number of hydrogen-bond donors (Lipinski definition) is 2. The van der Waals surface area contributed by atoms with Gasteiger partial charge in [0, 0.05) is 24.2 Å². The normalized spacial score (nSPS) is 26.6. The summed E-state index contributed by atoms with van der Waals surface area (Å²) in [7, 11) is 1.98. The SMILES string of the molecule is C=C/C=C1\C(=C/N)OC2(CCC2)CC1NC.CC.CC. The Morgan fingerprint density at radius 3 is 2.25 bits per heavy atom. The van der Waals surface area contributed by atoms with Crippen LogP contribution in [0.3, 0.4) is 0 Å². The molecule has 2 aliphatic rings. The van der Waals surface area contributed by atoms with E-state index in [1.807, 2.05) is 40.8 Å². The fourth-order valence-electron chi connectivity index (χ4n) is 2.58. The number of nitrogens with two attached hydrogens (primary N) is 1. The first-order valence-corrected chi connectivity index (χ1v) is 7.86.